The number of non-ortho nitro benzene ring substituents is 1. The van der Waals surface area contributed by atoms with Crippen molar-refractivity contribution in [3.63, 3.8) is 0 Å². The summed E-state index contributed by atoms with van der Waals surface area (Å²) in [6, 6.07) is 21.5. The average Bonchev–Trinajstić information content (AvgIpc) is 3.44. The van der Waals surface area contributed by atoms with E-state index in [-0.39, 0.29) is 27.9 Å². The minimum atomic E-state index is -0.890. The Morgan fingerprint density at radius 1 is 0.795 bits per heavy atom. The van der Waals surface area contributed by atoms with E-state index in [0.717, 1.165) is 21.7 Å². The van der Waals surface area contributed by atoms with Gasteiger partial charge in [0.15, 0.2) is 6.61 Å². The number of para-hydroxylation sites is 1. The molecule has 190 valence electrons. The summed E-state index contributed by atoms with van der Waals surface area (Å²) in [6.45, 7) is -0.659. The number of carbonyl (C=O) groups excluding carboxylic acids is 4. The second-order valence-electron chi connectivity index (χ2n) is 8.79. The number of imide groups is 1. The van der Waals surface area contributed by atoms with Crippen LogP contribution in [0, 0.1) is 10.1 Å². The number of Topliss-reactive ketones (excluding diaryl/α,β-unsaturated/α-hetero) is 1. The topological polar surface area (TPSA) is 137 Å². The maximum Gasteiger partial charge on any atom is 0.338 e. The van der Waals surface area contributed by atoms with Gasteiger partial charge in [-0.05, 0) is 36.4 Å². The van der Waals surface area contributed by atoms with E-state index >= 15 is 0 Å². The number of furan rings is 1. The third-order valence-electron chi connectivity index (χ3n) is 6.46. The average molecular weight is 520 g/mol. The van der Waals surface area contributed by atoms with Crippen molar-refractivity contribution in [3.8, 4) is 0 Å². The molecule has 1 aliphatic heterocycles. The summed E-state index contributed by atoms with van der Waals surface area (Å²) in [7, 11) is 0. The summed E-state index contributed by atoms with van der Waals surface area (Å²) < 4.78 is 11.0. The van der Waals surface area contributed by atoms with E-state index in [1.54, 1.807) is 18.2 Å². The van der Waals surface area contributed by atoms with Crippen molar-refractivity contribution < 1.29 is 33.3 Å². The largest absolute Gasteiger partial charge is 0.456 e. The first-order valence-electron chi connectivity index (χ1n) is 11.7. The van der Waals surface area contributed by atoms with Crippen LogP contribution in [0.4, 0.5) is 11.4 Å². The molecular formula is C29H16N2O8. The van der Waals surface area contributed by atoms with Crippen LogP contribution in [0.1, 0.15) is 41.4 Å². The lowest BCUT2D eigenvalue weighted by atomic mass is 10.1. The lowest BCUT2D eigenvalue weighted by molar-refractivity contribution is -0.384. The lowest BCUT2D eigenvalue weighted by Crippen LogP contribution is -2.29. The molecule has 2 amide bonds. The number of rotatable bonds is 6. The lowest BCUT2D eigenvalue weighted by Gasteiger charge is -2.13. The van der Waals surface area contributed by atoms with E-state index < -0.39 is 35.1 Å². The molecule has 0 radical (unpaired) electrons. The molecule has 10 heteroatoms. The number of benzene rings is 4. The number of fused-ring (bicyclic) bond motifs is 4. The van der Waals surface area contributed by atoms with Crippen LogP contribution in [0.3, 0.4) is 0 Å². The van der Waals surface area contributed by atoms with Gasteiger partial charge in [-0.25, -0.2) is 9.69 Å². The molecule has 6 rings (SSSR count). The Kier molecular flexibility index (Phi) is 5.50. The van der Waals surface area contributed by atoms with Gasteiger partial charge >= 0.3 is 5.97 Å². The highest BCUT2D eigenvalue weighted by atomic mass is 16.6. The Morgan fingerprint density at radius 2 is 1.56 bits per heavy atom. The predicted octanol–water partition coefficient (Wildman–Crippen LogP) is 5.33. The minimum absolute atomic E-state index is 0.0174. The number of nitro groups is 1. The number of nitro benzene ring substituents is 1. The third-order valence-corrected chi connectivity index (χ3v) is 6.46. The first-order chi connectivity index (χ1) is 18.8. The van der Waals surface area contributed by atoms with E-state index in [9.17, 15) is 29.3 Å². The van der Waals surface area contributed by atoms with Crippen LogP contribution in [0.25, 0.3) is 21.9 Å². The molecule has 0 saturated heterocycles. The molecule has 0 fully saturated rings. The second kappa shape index (κ2) is 9.03. The fourth-order valence-corrected chi connectivity index (χ4v) is 4.55. The third kappa shape index (κ3) is 4.00. The fourth-order valence-electron chi connectivity index (χ4n) is 4.55. The Labute approximate surface area is 219 Å². The Hall–Kier alpha value is -5.64. The van der Waals surface area contributed by atoms with E-state index in [1.165, 1.54) is 36.4 Å². The number of nitrogens with zero attached hydrogens (tertiary/aromatic N) is 2. The van der Waals surface area contributed by atoms with E-state index in [0.29, 0.717) is 16.9 Å². The molecule has 2 heterocycles. The van der Waals surface area contributed by atoms with Crippen molar-refractivity contribution in [1.29, 1.82) is 0 Å². The highest BCUT2D eigenvalue weighted by Crippen LogP contribution is 2.35. The Morgan fingerprint density at radius 3 is 2.38 bits per heavy atom. The van der Waals surface area contributed by atoms with Gasteiger partial charge in [-0.3, -0.25) is 24.5 Å². The van der Waals surface area contributed by atoms with Gasteiger partial charge in [0, 0.05) is 34.5 Å². The normalized spacial score (nSPS) is 12.7. The number of ketones is 1. The molecule has 5 aromatic rings. The molecule has 10 nitrogen and oxygen atoms in total. The standard InChI is InChI=1S/C29H16N2O8/c32-24(16-4-3-5-19(12-16)31(36)37)15-38-29(35)17-8-10-22-23(13-17)28(34)30(27(22)33)18-9-11-21-20-6-1-2-7-25(20)39-26(21)14-18/h1-14H,15H2. The number of ether oxygens (including phenoxy) is 1. The van der Waals surface area contributed by atoms with Crippen LogP contribution in [-0.2, 0) is 4.74 Å². The van der Waals surface area contributed by atoms with Gasteiger partial charge in [-0.1, -0.05) is 30.3 Å². The van der Waals surface area contributed by atoms with Gasteiger partial charge in [0.05, 0.1) is 27.3 Å². The number of carbonyl (C=O) groups is 4. The molecule has 0 unspecified atom stereocenters. The maximum atomic E-state index is 13.2. The van der Waals surface area contributed by atoms with Crippen LogP contribution in [-0.4, -0.2) is 35.1 Å². The summed E-state index contributed by atoms with van der Waals surface area (Å²) >= 11 is 0. The molecule has 0 spiro atoms. The van der Waals surface area contributed by atoms with Crippen LogP contribution in [0.15, 0.2) is 89.3 Å². The minimum Gasteiger partial charge on any atom is -0.456 e. The van der Waals surface area contributed by atoms with Gasteiger partial charge in [0.2, 0.25) is 5.78 Å². The molecule has 0 aliphatic carbocycles. The molecule has 0 bridgehead atoms. The van der Waals surface area contributed by atoms with Crippen molar-refractivity contribution in [2.75, 3.05) is 11.5 Å². The molecule has 4 aromatic carbocycles. The predicted molar refractivity (Wildman–Crippen MR) is 139 cm³/mol. The van der Waals surface area contributed by atoms with Gasteiger partial charge in [0.25, 0.3) is 17.5 Å². The number of hydrogen-bond acceptors (Lipinski definition) is 8. The zero-order valence-electron chi connectivity index (χ0n) is 20.0. The van der Waals surface area contributed by atoms with Crippen LogP contribution < -0.4 is 4.90 Å². The molecule has 0 saturated carbocycles. The van der Waals surface area contributed by atoms with Gasteiger partial charge in [-0.15, -0.1) is 0 Å². The SMILES string of the molecule is O=C(COC(=O)c1ccc2c(c1)C(=O)N(c1ccc3c(c1)oc1ccccc13)C2=O)c1cccc([N+](=O)[O-])c1. The van der Waals surface area contributed by atoms with E-state index in [4.69, 9.17) is 9.15 Å². The zero-order valence-corrected chi connectivity index (χ0v) is 20.0. The summed E-state index contributed by atoms with van der Waals surface area (Å²) in [5.74, 6) is -2.69. The monoisotopic (exact) mass is 520 g/mol. The summed E-state index contributed by atoms with van der Waals surface area (Å²) in [5, 5.41) is 12.7. The van der Waals surface area contributed by atoms with Gasteiger partial charge in [-0.2, -0.15) is 0 Å². The van der Waals surface area contributed by atoms with E-state index in [1.807, 2.05) is 24.3 Å². The summed E-state index contributed by atoms with van der Waals surface area (Å²) in [4.78, 5) is 62.7. The molecular weight excluding hydrogens is 504 g/mol. The van der Waals surface area contributed by atoms with Crippen molar-refractivity contribution in [2.24, 2.45) is 0 Å². The molecule has 0 atom stereocenters. The summed E-state index contributed by atoms with van der Waals surface area (Å²) in [5.41, 5.74) is 1.37. The molecule has 1 aliphatic rings. The number of amides is 2. The van der Waals surface area contributed by atoms with Crippen molar-refractivity contribution >= 4 is 56.9 Å². The van der Waals surface area contributed by atoms with Crippen LogP contribution >= 0.6 is 0 Å². The molecule has 0 N–H and O–H groups in total. The molecule has 1 aromatic heterocycles. The van der Waals surface area contributed by atoms with Crippen LogP contribution in [0.2, 0.25) is 0 Å². The quantitative estimate of drug-likeness (QED) is 0.0962. The number of anilines is 1. The number of hydrogen-bond donors (Lipinski definition) is 0. The van der Waals surface area contributed by atoms with Crippen molar-refractivity contribution in [2.45, 2.75) is 0 Å². The van der Waals surface area contributed by atoms with Crippen molar-refractivity contribution in [1.82, 2.24) is 0 Å². The Bertz CT molecular complexity index is 1890. The number of esters is 1. The maximum absolute atomic E-state index is 13.2. The Balaban J connectivity index is 1.22. The second-order valence-corrected chi connectivity index (χ2v) is 8.79. The summed E-state index contributed by atoms with van der Waals surface area (Å²) in [6.07, 6.45) is 0. The van der Waals surface area contributed by atoms with Crippen LogP contribution in [0.5, 0.6) is 0 Å². The smallest absolute Gasteiger partial charge is 0.338 e. The van der Waals surface area contributed by atoms with Gasteiger partial charge < -0.3 is 9.15 Å². The van der Waals surface area contributed by atoms with Crippen molar-refractivity contribution in [3.05, 3.63) is 117 Å². The zero-order chi connectivity index (χ0) is 27.3. The molecule has 39 heavy (non-hydrogen) atoms. The highest BCUT2D eigenvalue weighted by Gasteiger charge is 2.37. The first-order valence-corrected chi connectivity index (χ1v) is 11.7. The first kappa shape index (κ1) is 23.7. The fraction of sp³-hybridized carbons (Fsp3) is 0.0345. The van der Waals surface area contributed by atoms with E-state index in [2.05, 4.69) is 0 Å². The van der Waals surface area contributed by atoms with Gasteiger partial charge in [0.1, 0.15) is 11.2 Å². The highest BCUT2D eigenvalue weighted by molar-refractivity contribution is 6.35.